The topological polar surface area (TPSA) is 69.4 Å². The van der Waals surface area contributed by atoms with Crippen LogP contribution in [0.4, 0.5) is 10.2 Å². The average molecular weight is 348 g/mol. The Balaban J connectivity index is 1.77. The smallest absolute Gasteiger partial charge is 0.146 e. The van der Waals surface area contributed by atoms with Crippen LogP contribution in [0, 0.1) is 12.7 Å². The van der Waals surface area contributed by atoms with Gasteiger partial charge in [-0.15, -0.1) is 0 Å². The molecule has 0 unspecified atom stereocenters. The molecule has 25 heavy (non-hydrogen) atoms. The molecule has 0 saturated heterocycles. The van der Waals surface area contributed by atoms with Gasteiger partial charge in [0.1, 0.15) is 17.4 Å². The largest absolute Gasteiger partial charge is 0.490 e. The van der Waals surface area contributed by atoms with E-state index in [1.807, 2.05) is 6.92 Å². The summed E-state index contributed by atoms with van der Waals surface area (Å²) in [7, 11) is -2.55. The number of benzene rings is 1. The highest BCUT2D eigenvalue weighted by Crippen LogP contribution is 2.41. The lowest BCUT2D eigenvalue weighted by molar-refractivity contribution is -0.0650. The van der Waals surface area contributed by atoms with Crippen LogP contribution in [-0.4, -0.2) is 18.1 Å². The first kappa shape index (κ1) is 14.0. The maximum absolute atomic E-state index is 13.3. The fourth-order valence-corrected chi connectivity index (χ4v) is 3.35. The molecule has 0 aliphatic heterocycles. The van der Waals surface area contributed by atoms with E-state index in [9.17, 15) is 4.39 Å². The van der Waals surface area contributed by atoms with E-state index < -0.39 is 12.6 Å². The van der Waals surface area contributed by atoms with Crippen molar-refractivity contribution in [3.05, 3.63) is 53.5 Å². The summed E-state index contributed by atoms with van der Waals surface area (Å²) in [5.41, 5.74) is 3.01. The zero-order valence-electron chi connectivity index (χ0n) is 17.1. The molecule has 3 N–H and O–H groups in total. The standard InChI is InChI=1S/C19H24FN3O2/c1-13-17(9-12-22-18(13)23-21)25-16-7-10-19(24-2,11-8-16)14-3-5-15(20)6-4-14/h3-6,9,12,16H,7-8,10-11,21H2,1-2H3,(H,22,23)/t16-,19+/i2D3. The van der Waals surface area contributed by atoms with Crippen molar-refractivity contribution < 1.29 is 18.0 Å². The SMILES string of the molecule is [2H]C([2H])([2H])O[C@]1(c2ccc(F)cc2)CC[C@H](Oc2ccnc(NN)c2C)CC1. The van der Waals surface area contributed by atoms with Crippen LogP contribution < -0.4 is 16.0 Å². The number of pyridine rings is 1. The van der Waals surface area contributed by atoms with Gasteiger partial charge >= 0.3 is 0 Å². The molecule has 2 aromatic rings. The van der Waals surface area contributed by atoms with Crippen LogP contribution in [0.15, 0.2) is 36.5 Å². The van der Waals surface area contributed by atoms with Gasteiger partial charge in [0.25, 0.3) is 0 Å². The molecule has 1 aromatic heterocycles. The molecule has 0 atom stereocenters. The van der Waals surface area contributed by atoms with Crippen molar-refractivity contribution >= 4 is 5.82 Å². The summed E-state index contributed by atoms with van der Waals surface area (Å²) in [6, 6.07) is 7.61. The lowest BCUT2D eigenvalue weighted by Crippen LogP contribution is -2.37. The van der Waals surface area contributed by atoms with Crippen molar-refractivity contribution in [3.63, 3.8) is 0 Å². The number of anilines is 1. The second-order valence-corrected chi connectivity index (χ2v) is 6.35. The Morgan fingerprint density at radius 2 is 2.00 bits per heavy atom. The molecule has 0 amide bonds. The number of nitrogens with zero attached hydrogens (tertiary/aromatic N) is 1. The Bertz CT molecular complexity index is 807. The first-order valence-corrected chi connectivity index (χ1v) is 8.27. The van der Waals surface area contributed by atoms with E-state index >= 15 is 0 Å². The third-order valence-electron chi connectivity index (χ3n) is 4.89. The molecule has 1 aromatic carbocycles. The summed E-state index contributed by atoms with van der Waals surface area (Å²) >= 11 is 0. The average Bonchev–Trinajstić information content (AvgIpc) is 2.64. The molecular weight excluding hydrogens is 321 g/mol. The van der Waals surface area contributed by atoms with Crippen molar-refractivity contribution in [2.45, 2.75) is 44.3 Å². The molecule has 5 nitrogen and oxygen atoms in total. The number of rotatable bonds is 5. The fourth-order valence-electron chi connectivity index (χ4n) is 3.35. The highest BCUT2D eigenvalue weighted by atomic mass is 19.1. The van der Waals surface area contributed by atoms with E-state index in [-0.39, 0.29) is 11.9 Å². The molecule has 1 aliphatic rings. The number of aromatic nitrogens is 1. The first-order valence-electron chi connectivity index (χ1n) is 9.77. The zero-order chi connectivity index (χ0) is 20.4. The molecule has 1 aliphatic carbocycles. The zero-order valence-corrected chi connectivity index (χ0v) is 14.1. The van der Waals surface area contributed by atoms with E-state index in [0.717, 1.165) is 5.56 Å². The Morgan fingerprint density at radius 3 is 2.64 bits per heavy atom. The summed E-state index contributed by atoms with van der Waals surface area (Å²) in [5.74, 6) is 6.31. The summed E-state index contributed by atoms with van der Waals surface area (Å²) in [5, 5.41) is 0. The van der Waals surface area contributed by atoms with Crippen molar-refractivity contribution in [1.29, 1.82) is 0 Å². The van der Waals surface area contributed by atoms with Crippen LogP contribution in [0.1, 0.15) is 40.9 Å². The molecule has 1 fully saturated rings. The van der Waals surface area contributed by atoms with Gasteiger partial charge in [-0.1, -0.05) is 12.1 Å². The summed E-state index contributed by atoms with van der Waals surface area (Å²) in [6.07, 6.45) is 3.62. The maximum Gasteiger partial charge on any atom is 0.146 e. The monoisotopic (exact) mass is 348 g/mol. The predicted octanol–water partition coefficient (Wildman–Crippen LogP) is 3.68. The molecule has 134 valence electrons. The summed E-state index contributed by atoms with van der Waals surface area (Å²) in [4.78, 5) is 4.13. The number of halogens is 1. The second kappa shape index (κ2) is 7.37. The number of hydrogen-bond donors (Lipinski definition) is 2. The Labute approximate surface area is 151 Å². The number of methoxy groups -OCH3 is 1. The number of ether oxygens (including phenoxy) is 2. The normalized spacial score (nSPS) is 25.6. The van der Waals surface area contributed by atoms with Crippen molar-refractivity contribution in [3.8, 4) is 5.75 Å². The van der Waals surface area contributed by atoms with Crippen LogP contribution in [-0.2, 0) is 10.3 Å². The lowest BCUT2D eigenvalue weighted by Gasteiger charge is -2.39. The second-order valence-electron chi connectivity index (χ2n) is 6.35. The minimum Gasteiger partial charge on any atom is -0.490 e. The molecule has 6 heteroatoms. The lowest BCUT2D eigenvalue weighted by atomic mass is 9.78. The van der Waals surface area contributed by atoms with Crippen molar-refractivity contribution in [1.82, 2.24) is 4.98 Å². The number of hydrogen-bond acceptors (Lipinski definition) is 5. The summed E-state index contributed by atoms with van der Waals surface area (Å²) < 4.78 is 47.7. The van der Waals surface area contributed by atoms with Gasteiger partial charge in [0.2, 0.25) is 0 Å². The van der Waals surface area contributed by atoms with Gasteiger partial charge in [-0.3, -0.25) is 0 Å². The number of nitrogen functional groups attached to an aromatic ring is 1. The predicted molar refractivity (Wildman–Crippen MR) is 94.8 cm³/mol. The molecule has 1 saturated carbocycles. The number of hydrazine groups is 1. The van der Waals surface area contributed by atoms with Gasteiger partial charge in [-0.25, -0.2) is 15.2 Å². The molecule has 0 radical (unpaired) electrons. The van der Waals surface area contributed by atoms with Gasteiger partial charge in [0.05, 0.1) is 15.8 Å². The minimum absolute atomic E-state index is 0.0968. The van der Waals surface area contributed by atoms with Crippen LogP contribution in [0.25, 0.3) is 0 Å². The van der Waals surface area contributed by atoms with Gasteiger partial charge in [0.15, 0.2) is 0 Å². The van der Waals surface area contributed by atoms with E-state index in [2.05, 4.69) is 10.4 Å². The van der Waals surface area contributed by atoms with E-state index in [4.69, 9.17) is 19.4 Å². The van der Waals surface area contributed by atoms with E-state index in [0.29, 0.717) is 42.8 Å². The van der Waals surface area contributed by atoms with Crippen LogP contribution in [0.3, 0.4) is 0 Å². The van der Waals surface area contributed by atoms with Gasteiger partial charge in [0, 0.05) is 18.8 Å². The van der Waals surface area contributed by atoms with Gasteiger partial charge < -0.3 is 14.9 Å². The molecular formula is C19H24FN3O2. The first-order chi connectivity index (χ1) is 13.2. The molecule has 3 rings (SSSR count). The molecule has 0 bridgehead atoms. The van der Waals surface area contributed by atoms with Crippen LogP contribution in [0.5, 0.6) is 5.75 Å². The summed E-state index contributed by atoms with van der Waals surface area (Å²) in [6.45, 7) is 1.86. The number of nitrogens with one attached hydrogen (secondary N) is 1. The van der Waals surface area contributed by atoms with Gasteiger partial charge in [-0.05, 0) is 56.4 Å². The Morgan fingerprint density at radius 1 is 1.28 bits per heavy atom. The maximum atomic E-state index is 13.3. The quantitative estimate of drug-likeness (QED) is 0.637. The van der Waals surface area contributed by atoms with Crippen molar-refractivity contribution in [2.24, 2.45) is 5.84 Å². The Hall–Kier alpha value is -2.18. The fraction of sp³-hybridized carbons (Fsp3) is 0.421. The van der Waals surface area contributed by atoms with Crippen LogP contribution in [0.2, 0.25) is 0 Å². The van der Waals surface area contributed by atoms with E-state index in [1.54, 1.807) is 24.4 Å². The van der Waals surface area contributed by atoms with Gasteiger partial charge in [-0.2, -0.15) is 0 Å². The molecule has 1 heterocycles. The van der Waals surface area contributed by atoms with E-state index in [1.165, 1.54) is 12.1 Å². The molecule has 0 spiro atoms. The third-order valence-corrected chi connectivity index (χ3v) is 4.89. The highest BCUT2D eigenvalue weighted by molar-refractivity contribution is 5.49. The third kappa shape index (κ3) is 3.60. The number of nitrogens with two attached hydrogens (primary N) is 1. The van der Waals surface area contributed by atoms with Crippen LogP contribution >= 0.6 is 0 Å². The highest BCUT2D eigenvalue weighted by Gasteiger charge is 2.37. The van der Waals surface area contributed by atoms with Crippen molar-refractivity contribution in [2.75, 3.05) is 12.5 Å². The minimum atomic E-state index is -2.55. The Kier molecular flexibility index (Phi) is 4.14.